The maximum atomic E-state index is 12.1. The van der Waals surface area contributed by atoms with Crippen LogP contribution in [0.25, 0.3) is 0 Å². The molecule has 1 atom stereocenters. The zero-order valence-corrected chi connectivity index (χ0v) is 13.4. The lowest BCUT2D eigenvalue weighted by Crippen LogP contribution is -2.37. The minimum Gasteiger partial charge on any atom is -0.343 e. The Balaban J connectivity index is 1.77. The minimum absolute atomic E-state index is 0.311. The second kappa shape index (κ2) is 7.79. The Morgan fingerprint density at radius 2 is 2.10 bits per heavy atom. The normalized spacial score (nSPS) is 17.4. The van der Waals surface area contributed by atoms with E-state index in [0.29, 0.717) is 24.3 Å². The first kappa shape index (κ1) is 15.5. The van der Waals surface area contributed by atoms with E-state index in [4.69, 9.17) is 0 Å². The monoisotopic (exact) mass is 294 g/mol. The Bertz CT molecular complexity index is 397. The highest BCUT2D eigenvalue weighted by molar-refractivity contribution is 7.10. The quantitative estimate of drug-likeness (QED) is 0.871. The summed E-state index contributed by atoms with van der Waals surface area (Å²) in [6.45, 7) is 7.14. The van der Waals surface area contributed by atoms with Crippen molar-refractivity contribution in [3.05, 3.63) is 22.4 Å². The van der Waals surface area contributed by atoms with E-state index in [1.165, 1.54) is 24.1 Å². The van der Waals surface area contributed by atoms with E-state index < -0.39 is 0 Å². The van der Waals surface area contributed by atoms with Crippen LogP contribution in [0.15, 0.2) is 17.5 Å². The molecule has 1 aromatic heterocycles. The van der Waals surface area contributed by atoms with Crippen molar-refractivity contribution >= 4 is 17.2 Å². The number of carbonyl (C=O) groups excluding carboxylic acids is 1. The van der Waals surface area contributed by atoms with E-state index in [1.54, 1.807) is 11.3 Å². The van der Waals surface area contributed by atoms with Gasteiger partial charge in [0.15, 0.2) is 0 Å². The number of thiophene rings is 1. The fraction of sp³-hybridized carbons (Fsp3) is 0.688. The summed E-state index contributed by atoms with van der Waals surface area (Å²) in [4.78, 5) is 15.5. The highest BCUT2D eigenvalue weighted by Crippen LogP contribution is 2.25. The molecule has 3 nitrogen and oxygen atoms in total. The molecule has 1 unspecified atom stereocenters. The Kier molecular flexibility index (Phi) is 6.05. The van der Waals surface area contributed by atoms with Gasteiger partial charge in [-0.15, -0.1) is 11.3 Å². The van der Waals surface area contributed by atoms with Gasteiger partial charge in [0.2, 0.25) is 5.91 Å². The van der Waals surface area contributed by atoms with Crippen LogP contribution in [0.3, 0.4) is 0 Å². The maximum Gasteiger partial charge on any atom is 0.223 e. The molecule has 0 radical (unpaired) electrons. The molecule has 0 spiro atoms. The van der Waals surface area contributed by atoms with E-state index in [0.717, 1.165) is 19.6 Å². The molecule has 1 amide bonds. The number of nitrogens with zero attached hydrogens (tertiary/aromatic N) is 1. The van der Waals surface area contributed by atoms with Crippen LogP contribution < -0.4 is 5.32 Å². The topological polar surface area (TPSA) is 32.3 Å². The summed E-state index contributed by atoms with van der Waals surface area (Å²) in [5.41, 5.74) is 0. The number of rotatable bonds is 6. The third kappa shape index (κ3) is 4.32. The second-order valence-corrected chi connectivity index (χ2v) is 6.86. The summed E-state index contributed by atoms with van der Waals surface area (Å²) < 4.78 is 0. The van der Waals surface area contributed by atoms with Crippen molar-refractivity contribution in [1.82, 2.24) is 10.2 Å². The summed E-state index contributed by atoms with van der Waals surface area (Å²) in [7, 11) is 0. The van der Waals surface area contributed by atoms with E-state index in [-0.39, 0.29) is 0 Å². The molecule has 2 heterocycles. The first-order valence-electron chi connectivity index (χ1n) is 7.73. The molecular formula is C16H26N2OS. The van der Waals surface area contributed by atoms with E-state index >= 15 is 0 Å². The molecule has 112 valence electrons. The third-order valence-electron chi connectivity index (χ3n) is 3.93. The van der Waals surface area contributed by atoms with Gasteiger partial charge in [0.05, 0.1) is 0 Å². The molecule has 0 aliphatic carbocycles. The van der Waals surface area contributed by atoms with E-state index in [1.807, 2.05) is 4.90 Å². The summed E-state index contributed by atoms with van der Waals surface area (Å²) in [5, 5.41) is 5.67. The van der Waals surface area contributed by atoms with Gasteiger partial charge in [-0.05, 0) is 36.6 Å². The SMILES string of the molecule is CC(C)C(NCCC(=O)N1CCCCC1)c1cccs1. The highest BCUT2D eigenvalue weighted by Gasteiger charge is 2.19. The number of likely N-dealkylation sites (tertiary alicyclic amines) is 1. The number of nitrogens with one attached hydrogen (secondary N) is 1. The average molecular weight is 294 g/mol. The molecule has 1 N–H and O–H groups in total. The number of hydrogen-bond donors (Lipinski definition) is 1. The van der Waals surface area contributed by atoms with Crippen LogP contribution in [0.5, 0.6) is 0 Å². The Hall–Kier alpha value is -0.870. The van der Waals surface area contributed by atoms with Crippen molar-refractivity contribution in [3.63, 3.8) is 0 Å². The van der Waals surface area contributed by atoms with Crippen LogP contribution in [-0.2, 0) is 4.79 Å². The predicted octanol–water partition coefficient (Wildman–Crippen LogP) is 3.44. The van der Waals surface area contributed by atoms with Gasteiger partial charge in [-0.2, -0.15) is 0 Å². The molecule has 0 aromatic carbocycles. The Morgan fingerprint density at radius 1 is 1.35 bits per heavy atom. The molecular weight excluding hydrogens is 268 g/mol. The van der Waals surface area contributed by atoms with Gasteiger partial charge in [0.1, 0.15) is 0 Å². The molecule has 1 saturated heterocycles. The highest BCUT2D eigenvalue weighted by atomic mass is 32.1. The van der Waals surface area contributed by atoms with Crippen molar-refractivity contribution in [2.75, 3.05) is 19.6 Å². The van der Waals surface area contributed by atoms with Crippen molar-refractivity contribution in [2.24, 2.45) is 5.92 Å². The van der Waals surface area contributed by atoms with Gasteiger partial charge in [-0.1, -0.05) is 19.9 Å². The van der Waals surface area contributed by atoms with Gasteiger partial charge in [-0.3, -0.25) is 4.79 Å². The first-order valence-corrected chi connectivity index (χ1v) is 8.61. The fourth-order valence-corrected chi connectivity index (χ4v) is 3.74. The zero-order chi connectivity index (χ0) is 14.4. The maximum absolute atomic E-state index is 12.1. The first-order chi connectivity index (χ1) is 9.68. The van der Waals surface area contributed by atoms with Crippen molar-refractivity contribution in [2.45, 2.75) is 45.6 Å². The van der Waals surface area contributed by atoms with Gasteiger partial charge in [0, 0.05) is 37.0 Å². The lowest BCUT2D eigenvalue weighted by molar-refractivity contribution is -0.132. The number of hydrogen-bond acceptors (Lipinski definition) is 3. The van der Waals surface area contributed by atoms with Crippen molar-refractivity contribution in [1.29, 1.82) is 0 Å². The summed E-state index contributed by atoms with van der Waals surface area (Å²) in [5.74, 6) is 0.852. The van der Waals surface area contributed by atoms with Crippen LogP contribution in [0.4, 0.5) is 0 Å². The summed E-state index contributed by atoms with van der Waals surface area (Å²) >= 11 is 1.79. The zero-order valence-electron chi connectivity index (χ0n) is 12.6. The van der Waals surface area contributed by atoms with Crippen LogP contribution in [0, 0.1) is 5.92 Å². The van der Waals surface area contributed by atoms with Gasteiger partial charge in [-0.25, -0.2) is 0 Å². The van der Waals surface area contributed by atoms with E-state index in [9.17, 15) is 4.79 Å². The molecule has 0 saturated carbocycles. The van der Waals surface area contributed by atoms with Gasteiger partial charge < -0.3 is 10.2 Å². The molecule has 1 fully saturated rings. The molecule has 20 heavy (non-hydrogen) atoms. The molecule has 1 aliphatic heterocycles. The number of piperidine rings is 1. The van der Waals surface area contributed by atoms with Crippen LogP contribution in [0.1, 0.15) is 50.4 Å². The second-order valence-electron chi connectivity index (χ2n) is 5.88. The molecule has 2 rings (SSSR count). The third-order valence-corrected chi connectivity index (χ3v) is 4.88. The number of carbonyl (C=O) groups is 1. The standard InChI is InChI=1S/C16H26N2OS/c1-13(2)16(14-7-6-12-20-14)17-9-8-15(19)18-10-4-3-5-11-18/h6-7,12-13,16-17H,3-5,8-11H2,1-2H3. The van der Waals surface area contributed by atoms with Crippen molar-refractivity contribution < 1.29 is 4.79 Å². The van der Waals surface area contributed by atoms with Gasteiger partial charge >= 0.3 is 0 Å². The predicted molar refractivity (Wildman–Crippen MR) is 84.9 cm³/mol. The van der Waals surface area contributed by atoms with E-state index in [2.05, 4.69) is 36.7 Å². The molecule has 1 aliphatic rings. The number of amides is 1. The summed E-state index contributed by atoms with van der Waals surface area (Å²) in [6.07, 6.45) is 4.23. The molecule has 1 aromatic rings. The van der Waals surface area contributed by atoms with Crippen LogP contribution in [-0.4, -0.2) is 30.4 Å². The lowest BCUT2D eigenvalue weighted by Gasteiger charge is -2.27. The van der Waals surface area contributed by atoms with Crippen LogP contribution in [0.2, 0.25) is 0 Å². The molecule has 4 heteroatoms. The fourth-order valence-electron chi connectivity index (χ4n) is 2.77. The smallest absolute Gasteiger partial charge is 0.223 e. The Morgan fingerprint density at radius 3 is 2.70 bits per heavy atom. The van der Waals surface area contributed by atoms with Crippen molar-refractivity contribution in [3.8, 4) is 0 Å². The largest absolute Gasteiger partial charge is 0.343 e. The minimum atomic E-state index is 0.311. The Labute approximate surface area is 126 Å². The van der Waals surface area contributed by atoms with Crippen LogP contribution >= 0.6 is 11.3 Å². The lowest BCUT2D eigenvalue weighted by atomic mass is 10.0. The van der Waals surface area contributed by atoms with Gasteiger partial charge in [0.25, 0.3) is 0 Å². The summed E-state index contributed by atoms with van der Waals surface area (Å²) in [6, 6.07) is 4.63. The average Bonchev–Trinajstić information content (AvgIpc) is 2.97. The molecule has 0 bridgehead atoms.